The van der Waals surface area contributed by atoms with Crippen LogP contribution in [0.15, 0.2) is 18.2 Å². The monoisotopic (exact) mass is 292 g/mol. The summed E-state index contributed by atoms with van der Waals surface area (Å²) in [5.41, 5.74) is 1.64. The number of hydrogen-bond acceptors (Lipinski definition) is 3. The highest BCUT2D eigenvalue weighted by Gasteiger charge is 2.29. The minimum absolute atomic E-state index is 0.0234. The van der Waals surface area contributed by atoms with Crippen LogP contribution in [-0.2, 0) is 6.54 Å². The van der Waals surface area contributed by atoms with Gasteiger partial charge in [-0.05, 0) is 37.3 Å². The molecular weight excluding hydrogens is 267 g/mol. The average Bonchev–Trinajstić information content (AvgIpc) is 3.29. The van der Waals surface area contributed by atoms with Gasteiger partial charge in [-0.25, -0.2) is 4.39 Å². The third kappa shape index (κ3) is 3.38. The molecule has 2 aliphatic rings. The second-order valence-electron chi connectivity index (χ2n) is 6.43. The Morgan fingerprint density at radius 1 is 1.24 bits per heavy atom. The van der Waals surface area contributed by atoms with E-state index in [4.69, 9.17) is 0 Å². The summed E-state index contributed by atoms with van der Waals surface area (Å²) < 4.78 is 14.4. The van der Waals surface area contributed by atoms with Crippen LogP contribution in [-0.4, -0.2) is 30.3 Å². The Bertz CT molecular complexity index is 490. The van der Waals surface area contributed by atoms with E-state index < -0.39 is 0 Å². The molecule has 4 heteroatoms. The number of nitrogens with zero attached hydrogens (tertiary/aromatic N) is 1. The van der Waals surface area contributed by atoms with Crippen LogP contribution in [0.1, 0.15) is 44.1 Å². The number of aliphatic hydroxyl groups excluding tert-OH is 1. The standard InChI is InChI=1S/C17H25FN2O/c1-20(15-7-2-3-8-16(15)21)17-12(5-4-6-14(17)18)11-19-13-9-10-13/h4-6,13,15-16,19,21H,2-3,7-11H2,1H3. The predicted octanol–water partition coefficient (Wildman–Crippen LogP) is 2.82. The van der Waals surface area contributed by atoms with Crippen LogP contribution in [0.2, 0.25) is 0 Å². The molecule has 21 heavy (non-hydrogen) atoms. The lowest BCUT2D eigenvalue weighted by molar-refractivity contribution is 0.106. The number of aliphatic hydroxyl groups is 1. The Morgan fingerprint density at radius 2 is 2.00 bits per heavy atom. The molecule has 2 aliphatic carbocycles. The second-order valence-corrected chi connectivity index (χ2v) is 6.43. The zero-order valence-corrected chi connectivity index (χ0v) is 12.7. The molecule has 2 unspecified atom stereocenters. The summed E-state index contributed by atoms with van der Waals surface area (Å²) in [5.74, 6) is -0.189. The lowest BCUT2D eigenvalue weighted by atomic mass is 9.91. The first-order valence-corrected chi connectivity index (χ1v) is 8.08. The number of nitrogens with one attached hydrogen (secondary N) is 1. The summed E-state index contributed by atoms with van der Waals surface area (Å²) >= 11 is 0. The minimum Gasteiger partial charge on any atom is -0.391 e. The molecule has 116 valence electrons. The SMILES string of the molecule is CN(c1c(F)cccc1CNC1CC1)C1CCCCC1O. The fourth-order valence-electron chi connectivity index (χ4n) is 3.35. The molecule has 0 spiro atoms. The van der Waals surface area contributed by atoms with Crippen LogP contribution in [0.3, 0.4) is 0 Å². The normalized spacial score (nSPS) is 25.9. The van der Waals surface area contributed by atoms with Crippen LogP contribution in [0.25, 0.3) is 0 Å². The fraction of sp³-hybridized carbons (Fsp3) is 0.647. The zero-order chi connectivity index (χ0) is 14.8. The van der Waals surface area contributed by atoms with E-state index in [1.165, 1.54) is 18.9 Å². The summed E-state index contributed by atoms with van der Waals surface area (Å²) in [6.45, 7) is 0.699. The van der Waals surface area contributed by atoms with E-state index in [1.807, 2.05) is 18.0 Å². The van der Waals surface area contributed by atoms with Crippen LogP contribution < -0.4 is 10.2 Å². The molecule has 2 saturated carbocycles. The molecule has 3 nitrogen and oxygen atoms in total. The highest BCUT2D eigenvalue weighted by atomic mass is 19.1. The first-order valence-electron chi connectivity index (χ1n) is 8.08. The largest absolute Gasteiger partial charge is 0.391 e. The number of halogens is 1. The van der Waals surface area contributed by atoms with Crippen LogP contribution in [0.5, 0.6) is 0 Å². The van der Waals surface area contributed by atoms with Crippen molar-refractivity contribution in [3.8, 4) is 0 Å². The molecule has 2 fully saturated rings. The van der Waals surface area contributed by atoms with Gasteiger partial charge in [0.25, 0.3) is 0 Å². The van der Waals surface area contributed by atoms with E-state index in [1.54, 1.807) is 6.07 Å². The third-order valence-corrected chi connectivity index (χ3v) is 4.77. The summed E-state index contributed by atoms with van der Waals surface area (Å²) in [6, 6.07) is 5.90. The maximum absolute atomic E-state index is 14.4. The van der Waals surface area contributed by atoms with Crippen molar-refractivity contribution in [3.05, 3.63) is 29.6 Å². The number of para-hydroxylation sites is 1. The quantitative estimate of drug-likeness (QED) is 0.876. The summed E-state index contributed by atoms with van der Waals surface area (Å²) in [7, 11) is 1.91. The Morgan fingerprint density at radius 3 is 2.71 bits per heavy atom. The van der Waals surface area contributed by atoms with Gasteiger partial charge in [0.15, 0.2) is 0 Å². The van der Waals surface area contributed by atoms with Gasteiger partial charge in [0.05, 0.1) is 17.8 Å². The van der Waals surface area contributed by atoms with Crippen molar-refractivity contribution in [2.24, 2.45) is 0 Å². The van der Waals surface area contributed by atoms with Crippen molar-refractivity contribution in [3.63, 3.8) is 0 Å². The Kier molecular flexibility index (Phi) is 4.45. The van der Waals surface area contributed by atoms with Crippen molar-refractivity contribution >= 4 is 5.69 Å². The number of rotatable bonds is 5. The summed E-state index contributed by atoms with van der Waals surface area (Å²) in [6.07, 6.45) is 6.02. The Hall–Kier alpha value is -1.13. The molecule has 1 aromatic carbocycles. The molecule has 0 aromatic heterocycles. The molecule has 0 bridgehead atoms. The van der Waals surface area contributed by atoms with Crippen LogP contribution >= 0.6 is 0 Å². The summed E-state index contributed by atoms with van der Waals surface area (Å²) in [5, 5.41) is 13.7. The van der Waals surface area contributed by atoms with E-state index in [0.29, 0.717) is 18.3 Å². The van der Waals surface area contributed by atoms with Crippen molar-refractivity contribution in [1.82, 2.24) is 5.32 Å². The van der Waals surface area contributed by atoms with Gasteiger partial charge in [-0.15, -0.1) is 0 Å². The van der Waals surface area contributed by atoms with Gasteiger partial charge in [-0.1, -0.05) is 25.0 Å². The third-order valence-electron chi connectivity index (χ3n) is 4.77. The summed E-state index contributed by atoms with van der Waals surface area (Å²) in [4.78, 5) is 1.96. The second kappa shape index (κ2) is 6.32. The Balaban J connectivity index is 1.80. The topological polar surface area (TPSA) is 35.5 Å². The molecule has 1 aromatic rings. The highest BCUT2D eigenvalue weighted by Crippen LogP contribution is 2.31. The molecule has 0 amide bonds. The van der Waals surface area contributed by atoms with Crippen LogP contribution in [0.4, 0.5) is 10.1 Å². The van der Waals surface area contributed by atoms with Crippen molar-refractivity contribution < 1.29 is 9.50 Å². The molecule has 0 aliphatic heterocycles. The van der Waals surface area contributed by atoms with E-state index in [-0.39, 0.29) is 18.0 Å². The average molecular weight is 292 g/mol. The lowest BCUT2D eigenvalue weighted by Crippen LogP contribution is -2.44. The van der Waals surface area contributed by atoms with Gasteiger partial charge in [0.2, 0.25) is 0 Å². The fourth-order valence-corrected chi connectivity index (χ4v) is 3.35. The number of likely N-dealkylation sites (N-methyl/N-ethyl adjacent to an activating group) is 1. The minimum atomic E-state index is -0.354. The van der Waals surface area contributed by atoms with Crippen molar-refractivity contribution in [2.45, 2.75) is 63.3 Å². The van der Waals surface area contributed by atoms with E-state index >= 15 is 0 Å². The molecule has 2 N–H and O–H groups in total. The highest BCUT2D eigenvalue weighted by molar-refractivity contribution is 5.55. The van der Waals surface area contributed by atoms with Gasteiger partial charge in [-0.3, -0.25) is 0 Å². The Labute approximate surface area is 126 Å². The maximum atomic E-state index is 14.4. The number of hydrogen-bond donors (Lipinski definition) is 2. The smallest absolute Gasteiger partial charge is 0.146 e. The number of anilines is 1. The van der Waals surface area contributed by atoms with E-state index in [2.05, 4.69) is 5.32 Å². The molecule has 0 heterocycles. The molecular formula is C17H25FN2O. The molecule has 0 saturated heterocycles. The lowest BCUT2D eigenvalue weighted by Gasteiger charge is -2.37. The zero-order valence-electron chi connectivity index (χ0n) is 12.7. The molecule has 0 radical (unpaired) electrons. The van der Waals surface area contributed by atoms with Gasteiger partial charge in [0, 0.05) is 19.6 Å². The van der Waals surface area contributed by atoms with Gasteiger partial charge < -0.3 is 15.3 Å². The first kappa shape index (κ1) is 14.8. The van der Waals surface area contributed by atoms with Gasteiger partial charge in [0.1, 0.15) is 5.82 Å². The van der Waals surface area contributed by atoms with E-state index in [9.17, 15) is 9.50 Å². The van der Waals surface area contributed by atoms with E-state index in [0.717, 1.165) is 31.2 Å². The maximum Gasteiger partial charge on any atom is 0.146 e. The first-order chi connectivity index (χ1) is 10.2. The molecule has 3 rings (SSSR count). The van der Waals surface area contributed by atoms with Crippen molar-refractivity contribution in [1.29, 1.82) is 0 Å². The number of benzene rings is 1. The predicted molar refractivity (Wildman–Crippen MR) is 82.9 cm³/mol. The van der Waals surface area contributed by atoms with Crippen LogP contribution in [0, 0.1) is 5.82 Å². The van der Waals surface area contributed by atoms with Gasteiger partial charge >= 0.3 is 0 Å². The van der Waals surface area contributed by atoms with Gasteiger partial charge in [-0.2, -0.15) is 0 Å². The van der Waals surface area contributed by atoms with Crippen molar-refractivity contribution in [2.75, 3.05) is 11.9 Å². The molecule has 2 atom stereocenters.